The summed E-state index contributed by atoms with van der Waals surface area (Å²) >= 11 is 0. The number of rotatable bonds is 7. The third kappa shape index (κ3) is 5.49. The molecule has 0 atom stereocenters. The van der Waals surface area contributed by atoms with Crippen LogP contribution in [0.3, 0.4) is 0 Å². The first-order chi connectivity index (χ1) is 8.09. The van der Waals surface area contributed by atoms with Crippen LogP contribution in [0.5, 0.6) is 0 Å². The Hall–Kier alpha value is -1.36. The summed E-state index contributed by atoms with van der Waals surface area (Å²) in [4.78, 5) is 10.5. The molecular formula is C12H22N4O. The van der Waals surface area contributed by atoms with Crippen molar-refractivity contribution in [3.05, 3.63) is 12.3 Å². The minimum Gasteiger partial charge on any atom is -0.379 e. The summed E-state index contributed by atoms with van der Waals surface area (Å²) in [5.74, 6) is 1.57. The van der Waals surface area contributed by atoms with Crippen LogP contribution < -0.4 is 10.2 Å². The van der Waals surface area contributed by atoms with Gasteiger partial charge in [-0.2, -0.15) is 4.98 Å². The Bertz CT molecular complexity index is 328. The molecule has 1 heterocycles. The molecule has 0 saturated carbocycles. The summed E-state index contributed by atoms with van der Waals surface area (Å²) in [5.41, 5.74) is 0. The summed E-state index contributed by atoms with van der Waals surface area (Å²) in [6, 6.07) is 1.88. The standard InChI is InChI=1S/C12H22N4O/c1-10(2)17-9-5-7-13-12-14-8-6-11(15-12)16(3)4/h6,8,10H,5,7,9H2,1-4H3,(H,13,14,15). The lowest BCUT2D eigenvalue weighted by molar-refractivity contribution is 0.0787. The first-order valence-electron chi connectivity index (χ1n) is 5.95. The number of nitrogens with one attached hydrogen (secondary N) is 1. The lowest BCUT2D eigenvalue weighted by atomic mass is 10.4. The summed E-state index contributed by atoms with van der Waals surface area (Å²) in [5, 5.41) is 3.18. The molecule has 0 unspecified atom stereocenters. The van der Waals surface area contributed by atoms with Gasteiger partial charge in [-0.25, -0.2) is 4.98 Å². The van der Waals surface area contributed by atoms with Gasteiger partial charge in [0.2, 0.25) is 5.95 Å². The van der Waals surface area contributed by atoms with Crippen molar-refractivity contribution in [2.24, 2.45) is 0 Å². The molecule has 0 aromatic carbocycles. The van der Waals surface area contributed by atoms with Gasteiger partial charge >= 0.3 is 0 Å². The predicted molar refractivity (Wildman–Crippen MR) is 70.6 cm³/mol. The molecule has 0 radical (unpaired) electrons. The maximum absolute atomic E-state index is 5.45. The number of hydrogen-bond acceptors (Lipinski definition) is 5. The molecule has 5 heteroatoms. The van der Waals surface area contributed by atoms with Crippen molar-refractivity contribution in [3.8, 4) is 0 Å². The van der Waals surface area contributed by atoms with Gasteiger partial charge in [-0.05, 0) is 26.3 Å². The molecule has 1 aromatic heterocycles. The number of aromatic nitrogens is 2. The molecule has 0 bridgehead atoms. The van der Waals surface area contributed by atoms with Crippen molar-refractivity contribution < 1.29 is 4.74 Å². The van der Waals surface area contributed by atoms with Gasteiger partial charge < -0.3 is 15.0 Å². The molecule has 96 valence electrons. The Morgan fingerprint density at radius 1 is 1.41 bits per heavy atom. The zero-order valence-corrected chi connectivity index (χ0v) is 11.1. The van der Waals surface area contributed by atoms with Crippen LogP contribution in [-0.4, -0.2) is 43.3 Å². The van der Waals surface area contributed by atoms with Gasteiger partial charge in [-0.1, -0.05) is 0 Å². The summed E-state index contributed by atoms with van der Waals surface area (Å²) in [7, 11) is 3.92. The molecule has 0 spiro atoms. The molecule has 0 aliphatic heterocycles. The van der Waals surface area contributed by atoms with Crippen LogP contribution in [0, 0.1) is 0 Å². The molecule has 0 saturated heterocycles. The van der Waals surface area contributed by atoms with Gasteiger partial charge in [-0.3, -0.25) is 0 Å². The normalized spacial score (nSPS) is 10.6. The molecule has 0 aliphatic rings. The lowest BCUT2D eigenvalue weighted by Crippen LogP contribution is -2.14. The van der Waals surface area contributed by atoms with Crippen LogP contribution in [-0.2, 0) is 4.74 Å². The van der Waals surface area contributed by atoms with Gasteiger partial charge in [0.15, 0.2) is 0 Å². The highest BCUT2D eigenvalue weighted by atomic mass is 16.5. The minimum absolute atomic E-state index is 0.295. The monoisotopic (exact) mass is 238 g/mol. The molecule has 17 heavy (non-hydrogen) atoms. The van der Waals surface area contributed by atoms with Crippen molar-refractivity contribution in [1.29, 1.82) is 0 Å². The zero-order chi connectivity index (χ0) is 12.7. The second-order valence-corrected chi connectivity index (χ2v) is 4.33. The van der Waals surface area contributed by atoms with Gasteiger partial charge in [0.05, 0.1) is 6.10 Å². The van der Waals surface area contributed by atoms with Crippen LogP contribution in [0.15, 0.2) is 12.3 Å². The first-order valence-corrected chi connectivity index (χ1v) is 5.95. The van der Waals surface area contributed by atoms with E-state index in [-0.39, 0.29) is 0 Å². The van der Waals surface area contributed by atoms with E-state index in [1.165, 1.54) is 0 Å². The summed E-state index contributed by atoms with van der Waals surface area (Å²) < 4.78 is 5.45. The Morgan fingerprint density at radius 3 is 2.82 bits per heavy atom. The van der Waals surface area contributed by atoms with Gasteiger partial charge in [0.25, 0.3) is 0 Å². The fourth-order valence-corrected chi connectivity index (χ4v) is 1.27. The number of anilines is 2. The van der Waals surface area contributed by atoms with E-state index in [0.29, 0.717) is 12.1 Å². The van der Waals surface area contributed by atoms with E-state index in [0.717, 1.165) is 25.4 Å². The second kappa shape index (κ2) is 7.06. The van der Waals surface area contributed by atoms with Crippen molar-refractivity contribution >= 4 is 11.8 Å². The first kappa shape index (κ1) is 13.7. The molecule has 0 amide bonds. The number of ether oxygens (including phenoxy) is 1. The highest BCUT2D eigenvalue weighted by Crippen LogP contribution is 2.08. The third-order valence-electron chi connectivity index (χ3n) is 2.15. The Morgan fingerprint density at radius 2 is 2.18 bits per heavy atom. The lowest BCUT2D eigenvalue weighted by Gasteiger charge is -2.12. The second-order valence-electron chi connectivity index (χ2n) is 4.33. The van der Waals surface area contributed by atoms with E-state index in [4.69, 9.17) is 4.74 Å². The van der Waals surface area contributed by atoms with Crippen LogP contribution in [0.25, 0.3) is 0 Å². The highest BCUT2D eigenvalue weighted by molar-refractivity contribution is 5.40. The molecular weight excluding hydrogens is 216 g/mol. The maximum atomic E-state index is 5.45. The van der Waals surface area contributed by atoms with Crippen LogP contribution in [0.4, 0.5) is 11.8 Å². The smallest absolute Gasteiger partial charge is 0.224 e. The topological polar surface area (TPSA) is 50.3 Å². The fraction of sp³-hybridized carbons (Fsp3) is 0.667. The molecule has 1 N–H and O–H groups in total. The van der Waals surface area contributed by atoms with Crippen molar-refractivity contribution in [2.75, 3.05) is 37.5 Å². The zero-order valence-electron chi connectivity index (χ0n) is 11.1. The SMILES string of the molecule is CC(C)OCCCNc1nccc(N(C)C)n1. The van der Waals surface area contributed by atoms with Crippen LogP contribution in [0.1, 0.15) is 20.3 Å². The molecule has 0 aliphatic carbocycles. The van der Waals surface area contributed by atoms with Crippen molar-refractivity contribution in [3.63, 3.8) is 0 Å². The highest BCUT2D eigenvalue weighted by Gasteiger charge is 2.00. The number of nitrogens with zero attached hydrogens (tertiary/aromatic N) is 3. The van der Waals surface area contributed by atoms with Crippen LogP contribution in [0.2, 0.25) is 0 Å². The van der Waals surface area contributed by atoms with Crippen molar-refractivity contribution in [2.45, 2.75) is 26.4 Å². The van der Waals surface area contributed by atoms with E-state index < -0.39 is 0 Å². The van der Waals surface area contributed by atoms with Gasteiger partial charge in [-0.15, -0.1) is 0 Å². The average Bonchev–Trinajstić information content (AvgIpc) is 2.28. The largest absolute Gasteiger partial charge is 0.379 e. The van der Waals surface area contributed by atoms with Gasteiger partial charge in [0.1, 0.15) is 5.82 Å². The molecule has 5 nitrogen and oxygen atoms in total. The molecule has 1 aromatic rings. The Kier molecular flexibility index (Phi) is 5.69. The maximum Gasteiger partial charge on any atom is 0.224 e. The van der Waals surface area contributed by atoms with Crippen molar-refractivity contribution in [1.82, 2.24) is 9.97 Å². The number of hydrogen-bond donors (Lipinski definition) is 1. The summed E-state index contributed by atoms with van der Waals surface area (Å²) in [6.07, 6.45) is 3.01. The van der Waals surface area contributed by atoms with E-state index in [2.05, 4.69) is 15.3 Å². The van der Waals surface area contributed by atoms with Gasteiger partial charge in [0, 0.05) is 33.4 Å². The quantitative estimate of drug-likeness (QED) is 0.734. The molecule has 1 rings (SSSR count). The fourth-order valence-electron chi connectivity index (χ4n) is 1.27. The van der Waals surface area contributed by atoms with E-state index in [9.17, 15) is 0 Å². The summed E-state index contributed by atoms with van der Waals surface area (Å²) in [6.45, 7) is 5.66. The third-order valence-corrected chi connectivity index (χ3v) is 2.15. The molecule has 0 fully saturated rings. The average molecular weight is 238 g/mol. The Labute approximate surface area is 103 Å². The minimum atomic E-state index is 0.295. The van der Waals surface area contributed by atoms with E-state index >= 15 is 0 Å². The van der Waals surface area contributed by atoms with E-state index in [1.807, 2.05) is 38.9 Å². The van der Waals surface area contributed by atoms with E-state index in [1.54, 1.807) is 6.20 Å². The predicted octanol–water partition coefficient (Wildman–Crippen LogP) is 1.77. The Balaban J connectivity index is 2.29. The van der Waals surface area contributed by atoms with Crippen LogP contribution >= 0.6 is 0 Å².